The summed E-state index contributed by atoms with van der Waals surface area (Å²) in [6, 6.07) is 0.481. The van der Waals surface area contributed by atoms with Crippen molar-refractivity contribution in [2.75, 3.05) is 72.2 Å². The molecule has 2 atom stereocenters. The van der Waals surface area contributed by atoms with E-state index < -0.39 is 0 Å². The lowest BCUT2D eigenvalue weighted by molar-refractivity contribution is 0.0168. The lowest BCUT2D eigenvalue weighted by atomic mass is 10.2. The molecule has 2 heterocycles. The van der Waals surface area contributed by atoms with Crippen molar-refractivity contribution in [1.29, 1.82) is 0 Å². The fraction of sp³-hybridized carbons (Fsp3) is 0.950. The molecule has 0 amide bonds. The van der Waals surface area contributed by atoms with E-state index in [0.29, 0.717) is 12.1 Å². The molecule has 0 aromatic carbocycles. The number of likely N-dealkylation sites (N-methyl/N-ethyl adjacent to an activating group) is 1. The molecule has 0 radical (unpaired) electrons. The Morgan fingerprint density at radius 1 is 1.21 bits per heavy atom. The number of nitrogens with one attached hydrogen (secondary N) is 2. The van der Waals surface area contributed by atoms with Crippen LogP contribution in [0, 0.1) is 0 Å². The van der Waals surface area contributed by atoms with Gasteiger partial charge in [-0.1, -0.05) is 6.92 Å². The van der Waals surface area contributed by atoms with Gasteiger partial charge < -0.3 is 25.0 Å². The quantitative estimate of drug-likeness (QED) is 0.191. The highest BCUT2D eigenvalue weighted by atomic mass is 127. The van der Waals surface area contributed by atoms with Crippen LogP contribution in [0.2, 0.25) is 0 Å². The van der Waals surface area contributed by atoms with E-state index in [1.165, 1.54) is 19.5 Å². The topological polar surface area (TPSA) is 61.4 Å². The number of nitrogens with zero attached hydrogens (tertiary/aromatic N) is 3. The molecule has 2 fully saturated rings. The molecule has 0 aromatic heterocycles. The highest BCUT2D eigenvalue weighted by Gasteiger charge is 2.20. The summed E-state index contributed by atoms with van der Waals surface area (Å²) in [5.41, 5.74) is 0. The SMILES string of the molecule is CCNC(=NCC(C)N1CCN(CC)CC1)NCCCOCC1CCCO1.I. The molecule has 2 N–H and O–H groups in total. The minimum absolute atomic E-state index is 0. The molecular weight excluding hydrogens is 469 g/mol. The lowest BCUT2D eigenvalue weighted by Crippen LogP contribution is -2.50. The van der Waals surface area contributed by atoms with Gasteiger partial charge in [0.25, 0.3) is 0 Å². The van der Waals surface area contributed by atoms with Crippen LogP contribution in [0.1, 0.15) is 40.0 Å². The van der Waals surface area contributed by atoms with Gasteiger partial charge in [-0.3, -0.25) is 9.89 Å². The van der Waals surface area contributed by atoms with Crippen molar-refractivity contribution in [2.24, 2.45) is 4.99 Å². The molecule has 2 aliphatic rings. The third-order valence-corrected chi connectivity index (χ3v) is 5.42. The Hall–Kier alpha value is -0.160. The second-order valence-electron chi connectivity index (χ2n) is 7.53. The predicted octanol–water partition coefficient (Wildman–Crippen LogP) is 1.77. The molecule has 7 nitrogen and oxygen atoms in total. The van der Waals surface area contributed by atoms with Crippen LogP contribution in [0.3, 0.4) is 0 Å². The Bertz CT molecular complexity index is 413. The first-order valence-corrected chi connectivity index (χ1v) is 10.9. The minimum Gasteiger partial charge on any atom is -0.379 e. The van der Waals surface area contributed by atoms with E-state index in [1.54, 1.807) is 0 Å². The Balaban J connectivity index is 0.00000392. The molecule has 2 aliphatic heterocycles. The van der Waals surface area contributed by atoms with E-state index in [2.05, 4.69) is 41.2 Å². The van der Waals surface area contributed by atoms with E-state index in [4.69, 9.17) is 14.5 Å². The number of guanidine groups is 1. The molecule has 2 rings (SSSR count). The maximum atomic E-state index is 5.72. The van der Waals surface area contributed by atoms with Crippen LogP contribution < -0.4 is 10.6 Å². The van der Waals surface area contributed by atoms with Crippen molar-refractivity contribution < 1.29 is 9.47 Å². The zero-order valence-electron chi connectivity index (χ0n) is 18.1. The zero-order valence-corrected chi connectivity index (χ0v) is 20.5. The second-order valence-corrected chi connectivity index (χ2v) is 7.53. The summed E-state index contributed by atoms with van der Waals surface area (Å²) >= 11 is 0. The van der Waals surface area contributed by atoms with Crippen LogP contribution in [0.25, 0.3) is 0 Å². The molecule has 8 heteroatoms. The zero-order chi connectivity index (χ0) is 19.3. The second kappa shape index (κ2) is 15.6. The van der Waals surface area contributed by atoms with Gasteiger partial charge in [0.2, 0.25) is 0 Å². The molecule has 2 saturated heterocycles. The van der Waals surface area contributed by atoms with Crippen LogP contribution in [0.5, 0.6) is 0 Å². The maximum absolute atomic E-state index is 5.72. The van der Waals surface area contributed by atoms with Crippen molar-refractivity contribution in [3.8, 4) is 0 Å². The largest absolute Gasteiger partial charge is 0.379 e. The Labute approximate surface area is 189 Å². The molecule has 0 aliphatic carbocycles. The summed E-state index contributed by atoms with van der Waals surface area (Å²) in [6.07, 6.45) is 3.61. The van der Waals surface area contributed by atoms with E-state index in [9.17, 15) is 0 Å². The lowest BCUT2D eigenvalue weighted by Gasteiger charge is -2.37. The van der Waals surface area contributed by atoms with Gasteiger partial charge in [-0.25, -0.2) is 0 Å². The molecule has 0 aromatic rings. The third kappa shape index (κ3) is 10.0. The van der Waals surface area contributed by atoms with Gasteiger partial charge in [0.1, 0.15) is 0 Å². The van der Waals surface area contributed by atoms with Crippen molar-refractivity contribution in [1.82, 2.24) is 20.4 Å². The monoisotopic (exact) mass is 511 g/mol. The van der Waals surface area contributed by atoms with Crippen LogP contribution in [0.15, 0.2) is 4.99 Å². The summed E-state index contributed by atoms with van der Waals surface area (Å²) in [7, 11) is 0. The molecule has 0 bridgehead atoms. The van der Waals surface area contributed by atoms with Gasteiger partial charge in [0.15, 0.2) is 5.96 Å². The Morgan fingerprint density at radius 3 is 2.64 bits per heavy atom. The molecular formula is C20H42IN5O2. The number of aliphatic imine (C=N–C) groups is 1. The van der Waals surface area contributed by atoms with Crippen molar-refractivity contribution in [2.45, 2.75) is 52.2 Å². The molecule has 2 unspecified atom stereocenters. The maximum Gasteiger partial charge on any atom is 0.191 e. The summed E-state index contributed by atoms with van der Waals surface area (Å²) in [4.78, 5) is 9.85. The van der Waals surface area contributed by atoms with E-state index >= 15 is 0 Å². The first-order chi connectivity index (χ1) is 13.2. The normalized spacial score (nSPS) is 22.7. The Kier molecular flexibility index (Phi) is 14.5. The van der Waals surface area contributed by atoms with E-state index in [0.717, 1.165) is 77.9 Å². The van der Waals surface area contributed by atoms with Crippen molar-refractivity contribution in [3.63, 3.8) is 0 Å². The van der Waals surface area contributed by atoms with Gasteiger partial charge in [-0.05, 0) is 39.7 Å². The van der Waals surface area contributed by atoms with Gasteiger partial charge in [0.05, 0.1) is 19.3 Å². The minimum atomic E-state index is 0. The highest BCUT2D eigenvalue weighted by Crippen LogP contribution is 2.11. The van der Waals surface area contributed by atoms with Crippen LogP contribution in [-0.4, -0.2) is 100 Å². The van der Waals surface area contributed by atoms with Crippen LogP contribution in [0.4, 0.5) is 0 Å². The number of piperazine rings is 1. The predicted molar refractivity (Wildman–Crippen MR) is 127 cm³/mol. The molecule has 0 saturated carbocycles. The fourth-order valence-electron chi connectivity index (χ4n) is 3.57. The first-order valence-electron chi connectivity index (χ1n) is 10.9. The summed E-state index contributed by atoms with van der Waals surface area (Å²) < 4.78 is 11.3. The highest BCUT2D eigenvalue weighted by molar-refractivity contribution is 14.0. The van der Waals surface area contributed by atoms with Gasteiger partial charge in [0, 0.05) is 58.5 Å². The number of hydrogen-bond donors (Lipinski definition) is 2. The van der Waals surface area contributed by atoms with Crippen molar-refractivity contribution in [3.05, 3.63) is 0 Å². The summed E-state index contributed by atoms with van der Waals surface area (Å²) in [6.45, 7) is 17.4. The molecule has 166 valence electrons. The van der Waals surface area contributed by atoms with Gasteiger partial charge >= 0.3 is 0 Å². The first kappa shape index (κ1) is 25.9. The number of hydrogen-bond acceptors (Lipinski definition) is 5. The number of halogens is 1. The van der Waals surface area contributed by atoms with Crippen molar-refractivity contribution >= 4 is 29.9 Å². The third-order valence-electron chi connectivity index (χ3n) is 5.42. The number of rotatable bonds is 11. The van der Waals surface area contributed by atoms with E-state index in [-0.39, 0.29) is 24.0 Å². The van der Waals surface area contributed by atoms with Crippen LogP contribution >= 0.6 is 24.0 Å². The average molecular weight is 511 g/mol. The van der Waals surface area contributed by atoms with Gasteiger partial charge in [-0.15, -0.1) is 24.0 Å². The fourth-order valence-corrected chi connectivity index (χ4v) is 3.57. The molecule has 28 heavy (non-hydrogen) atoms. The molecule has 0 spiro atoms. The Morgan fingerprint density at radius 2 is 2.00 bits per heavy atom. The number of ether oxygens (including phenoxy) is 2. The smallest absolute Gasteiger partial charge is 0.191 e. The van der Waals surface area contributed by atoms with Crippen LogP contribution in [-0.2, 0) is 9.47 Å². The average Bonchev–Trinajstić information content (AvgIpc) is 3.22. The standard InChI is InChI=1S/C20H41N5O2.HI/c1-4-21-20(22-9-7-14-26-17-19-8-6-15-27-19)23-16-18(3)25-12-10-24(5-2)11-13-25;/h18-19H,4-17H2,1-3H3,(H2,21,22,23);1H. The summed E-state index contributed by atoms with van der Waals surface area (Å²) in [5, 5.41) is 6.77. The van der Waals surface area contributed by atoms with E-state index in [1.807, 2.05) is 0 Å². The summed E-state index contributed by atoms with van der Waals surface area (Å²) in [5.74, 6) is 0.913. The van der Waals surface area contributed by atoms with Gasteiger partial charge in [-0.2, -0.15) is 0 Å².